The molecule has 12 heteroatoms. The van der Waals surface area contributed by atoms with Gasteiger partial charge in [-0.25, -0.2) is 14.5 Å². The molecule has 2 aromatic carbocycles. The zero-order valence-corrected chi connectivity index (χ0v) is 18.3. The molecular weight excluding hydrogens is 463 g/mol. The number of halogens is 2. The van der Waals surface area contributed by atoms with Gasteiger partial charge in [-0.15, -0.1) is 10.2 Å². The molecule has 0 fully saturated rings. The van der Waals surface area contributed by atoms with Crippen LogP contribution in [0, 0.1) is 0 Å². The Kier molecular flexibility index (Phi) is 5.86. The summed E-state index contributed by atoms with van der Waals surface area (Å²) in [5, 5.41) is 9.82. The highest BCUT2D eigenvalue weighted by molar-refractivity contribution is 7.98. The predicted octanol–water partition coefficient (Wildman–Crippen LogP) is 3.28. The Bertz CT molecular complexity index is 1370. The number of thioether (sulfide) groups is 1. The fourth-order valence-electron chi connectivity index (χ4n) is 2.86. The minimum Gasteiger partial charge on any atom is -0.465 e. The number of aromatic amines is 1. The second kappa shape index (κ2) is 8.58. The number of hydrogen-bond donors (Lipinski definition) is 2. The lowest BCUT2D eigenvalue weighted by Gasteiger charge is -2.06. The summed E-state index contributed by atoms with van der Waals surface area (Å²) in [5.41, 5.74) is 0.948. The van der Waals surface area contributed by atoms with Crippen LogP contribution in [0.3, 0.4) is 0 Å². The summed E-state index contributed by atoms with van der Waals surface area (Å²) in [6.07, 6.45) is 0. The molecule has 9 nitrogen and oxygen atoms in total. The van der Waals surface area contributed by atoms with Crippen LogP contribution in [0.2, 0.25) is 10.0 Å². The molecule has 0 radical (unpaired) electrons. The van der Waals surface area contributed by atoms with E-state index in [9.17, 15) is 9.59 Å². The van der Waals surface area contributed by atoms with Crippen LogP contribution in [0.1, 0.15) is 16.2 Å². The molecule has 4 aromatic rings. The third kappa shape index (κ3) is 4.22. The number of nitrogens with one attached hydrogen (secondary N) is 1. The summed E-state index contributed by atoms with van der Waals surface area (Å²) >= 11 is 13.4. The third-order valence-corrected chi connectivity index (χ3v) is 5.85. The summed E-state index contributed by atoms with van der Waals surface area (Å²) in [4.78, 5) is 31.3. The monoisotopic (exact) mass is 476 g/mol. The molecule has 2 heterocycles. The molecule has 158 valence electrons. The number of aromatic nitrogens is 5. The number of H-pyrrole nitrogens is 1. The first kappa shape index (κ1) is 21.2. The standard InChI is InChI=1S/C19H14Cl2N6O3S/c1-30-18(29)9-2-4-12-14(6-9)23-15(24-17(12)28)8-31-19-26-25-16(27(19)22)11-5-3-10(20)7-13(11)21/h2-7H,8,22H2,1H3,(H,23,24,28). The van der Waals surface area contributed by atoms with Crippen LogP contribution in [0.25, 0.3) is 22.3 Å². The van der Waals surface area contributed by atoms with Crippen molar-refractivity contribution in [3.05, 3.63) is 68.2 Å². The van der Waals surface area contributed by atoms with Crippen molar-refractivity contribution in [1.82, 2.24) is 24.8 Å². The molecule has 4 rings (SSSR count). The van der Waals surface area contributed by atoms with Gasteiger partial charge in [-0.3, -0.25) is 4.79 Å². The van der Waals surface area contributed by atoms with Crippen LogP contribution < -0.4 is 11.4 Å². The third-order valence-electron chi connectivity index (χ3n) is 4.35. The quantitative estimate of drug-likeness (QED) is 0.255. The van der Waals surface area contributed by atoms with Crippen molar-refractivity contribution >= 4 is 51.8 Å². The van der Waals surface area contributed by atoms with Crippen LogP contribution in [-0.4, -0.2) is 37.9 Å². The number of nitrogens with two attached hydrogens (primary N) is 1. The molecular formula is C19H14Cl2N6O3S. The van der Waals surface area contributed by atoms with Crippen LogP contribution >= 0.6 is 35.0 Å². The topological polar surface area (TPSA) is 129 Å². The normalized spacial score (nSPS) is 11.1. The number of fused-ring (bicyclic) bond motifs is 1. The van der Waals surface area contributed by atoms with Crippen molar-refractivity contribution in [2.24, 2.45) is 0 Å². The van der Waals surface area contributed by atoms with E-state index in [1.54, 1.807) is 18.2 Å². The van der Waals surface area contributed by atoms with E-state index in [0.717, 1.165) is 0 Å². The van der Waals surface area contributed by atoms with E-state index < -0.39 is 5.97 Å². The first-order valence-electron chi connectivity index (χ1n) is 8.77. The summed E-state index contributed by atoms with van der Waals surface area (Å²) in [6, 6.07) is 9.52. The summed E-state index contributed by atoms with van der Waals surface area (Å²) in [7, 11) is 1.29. The number of rotatable bonds is 5. The number of methoxy groups -OCH3 is 1. The predicted molar refractivity (Wildman–Crippen MR) is 119 cm³/mol. The van der Waals surface area contributed by atoms with Gasteiger partial charge in [0.25, 0.3) is 5.56 Å². The maximum Gasteiger partial charge on any atom is 0.337 e. The van der Waals surface area contributed by atoms with E-state index in [4.69, 9.17) is 33.8 Å². The lowest BCUT2D eigenvalue weighted by Crippen LogP contribution is -2.14. The number of carbonyl (C=O) groups is 1. The van der Waals surface area contributed by atoms with E-state index >= 15 is 0 Å². The summed E-state index contributed by atoms with van der Waals surface area (Å²) in [6.45, 7) is 0. The Hall–Kier alpha value is -3.08. The fourth-order valence-corrected chi connectivity index (χ4v) is 4.08. The van der Waals surface area contributed by atoms with Crippen molar-refractivity contribution in [3.8, 4) is 11.4 Å². The molecule has 0 unspecified atom stereocenters. The van der Waals surface area contributed by atoms with Crippen LogP contribution in [0.15, 0.2) is 46.3 Å². The molecule has 0 saturated heterocycles. The fraction of sp³-hybridized carbons (Fsp3) is 0.105. The molecule has 0 bridgehead atoms. The first-order chi connectivity index (χ1) is 14.9. The van der Waals surface area contributed by atoms with E-state index in [1.807, 2.05) is 0 Å². The number of ether oxygens (including phenoxy) is 1. The summed E-state index contributed by atoms with van der Waals surface area (Å²) < 4.78 is 6.01. The number of nitrogen functional groups attached to an aromatic ring is 1. The van der Waals surface area contributed by atoms with Gasteiger partial charge in [0.05, 0.1) is 34.4 Å². The molecule has 2 aromatic heterocycles. The zero-order chi connectivity index (χ0) is 22.1. The van der Waals surface area contributed by atoms with E-state index in [0.29, 0.717) is 48.9 Å². The van der Waals surface area contributed by atoms with Crippen molar-refractivity contribution in [3.63, 3.8) is 0 Å². The molecule has 31 heavy (non-hydrogen) atoms. The minimum atomic E-state index is -0.510. The van der Waals surface area contributed by atoms with Crippen molar-refractivity contribution < 1.29 is 9.53 Å². The molecule has 0 amide bonds. The number of benzene rings is 2. The second-order valence-electron chi connectivity index (χ2n) is 6.33. The van der Waals surface area contributed by atoms with Crippen molar-refractivity contribution in [2.45, 2.75) is 10.9 Å². The largest absolute Gasteiger partial charge is 0.465 e. The SMILES string of the molecule is COC(=O)c1ccc2c(=O)[nH]c(CSc3nnc(-c4ccc(Cl)cc4Cl)n3N)nc2c1. The Labute approximate surface area is 189 Å². The second-order valence-corrected chi connectivity index (χ2v) is 8.11. The molecule has 0 spiro atoms. The Morgan fingerprint density at radius 3 is 2.77 bits per heavy atom. The van der Waals surface area contributed by atoms with Crippen LogP contribution in [-0.2, 0) is 10.5 Å². The first-order valence-corrected chi connectivity index (χ1v) is 10.5. The Morgan fingerprint density at radius 2 is 2.03 bits per heavy atom. The van der Waals surface area contributed by atoms with Gasteiger partial charge >= 0.3 is 5.97 Å². The molecule has 0 saturated carbocycles. The smallest absolute Gasteiger partial charge is 0.337 e. The lowest BCUT2D eigenvalue weighted by atomic mass is 10.1. The average molecular weight is 477 g/mol. The number of carbonyl (C=O) groups excluding carboxylic acids is 1. The maximum absolute atomic E-state index is 12.4. The molecule has 0 atom stereocenters. The molecule has 0 aliphatic rings. The zero-order valence-electron chi connectivity index (χ0n) is 15.9. The van der Waals surface area contributed by atoms with Gasteiger partial charge in [-0.1, -0.05) is 35.0 Å². The highest BCUT2D eigenvalue weighted by atomic mass is 35.5. The van der Waals surface area contributed by atoms with Gasteiger partial charge in [-0.2, -0.15) is 0 Å². The minimum absolute atomic E-state index is 0.261. The highest BCUT2D eigenvalue weighted by Crippen LogP contribution is 2.30. The van der Waals surface area contributed by atoms with Gasteiger partial charge in [0.2, 0.25) is 5.16 Å². The molecule has 0 aliphatic carbocycles. The Balaban J connectivity index is 1.60. The van der Waals surface area contributed by atoms with Crippen LogP contribution in [0.4, 0.5) is 0 Å². The number of esters is 1. The Morgan fingerprint density at radius 1 is 1.23 bits per heavy atom. The average Bonchev–Trinajstić information content (AvgIpc) is 3.11. The van der Waals surface area contributed by atoms with Gasteiger partial charge in [0, 0.05) is 10.6 Å². The van der Waals surface area contributed by atoms with Gasteiger partial charge in [0.1, 0.15) is 5.82 Å². The molecule has 3 N–H and O–H groups in total. The van der Waals surface area contributed by atoms with E-state index in [-0.39, 0.29) is 11.3 Å². The number of hydrogen-bond acceptors (Lipinski definition) is 8. The van der Waals surface area contributed by atoms with Crippen molar-refractivity contribution in [2.75, 3.05) is 13.0 Å². The van der Waals surface area contributed by atoms with E-state index in [1.165, 1.54) is 41.7 Å². The van der Waals surface area contributed by atoms with Crippen molar-refractivity contribution in [1.29, 1.82) is 0 Å². The maximum atomic E-state index is 12.4. The van der Waals surface area contributed by atoms with E-state index in [2.05, 4.69) is 20.2 Å². The number of nitrogens with zero attached hydrogens (tertiary/aromatic N) is 4. The lowest BCUT2D eigenvalue weighted by molar-refractivity contribution is 0.0601. The van der Waals surface area contributed by atoms with Gasteiger partial charge < -0.3 is 15.6 Å². The highest BCUT2D eigenvalue weighted by Gasteiger charge is 2.16. The van der Waals surface area contributed by atoms with Gasteiger partial charge in [-0.05, 0) is 36.4 Å². The summed E-state index contributed by atoms with van der Waals surface area (Å²) in [5.74, 6) is 6.64. The molecule has 0 aliphatic heterocycles. The van der Waals surface area contributed by atoms with Crippen LogP contribution in [0.5, 0.6) is 0 Å². The van der Waals surface area contributed by atoms with Gasteiger partial charge in [0.15, 0.2) is 5.82 Å².